The Kier molecular flexibility index (Phi) is 4.40. The summed E-state index contributed by atoms with van der Waals surface area (Å²) in [7, 11) is 0. The Balaban J connectivity index is 1.69. The third-order valence-electron chi connectivity index (χ3n) is 3.73. The third-order valence-corrected chi connectivity index (χ3v) is 3.73. The molecule has 1 fully saturated rings. The van der Waals surface area contributed by atoms with Gasteiger partial charge in [-0.2, -0.15) is 5.10 Å². The quantitative estimate of drug-likeness (QED) is 0.911. The van der Waals surface area contributed by atoms with Crippen molar-refractivity contribution in [1.29, 1.82) is 0 Å². The molecular weight excluding hydrogens is 264 g/mol. The molecule has 2 heterocycles. The van der Waals surface area contributed by atoms with Crippen LogP contribution in [-0.2, 0) is 13.2 Å². The predicted molar refractivity (Wildman–Crippen MR) is 83.8 cm³/mol. The van der Waals surface area contributed by atoms with E-state index in [9.17, 15) is 0 Å². The number of aromatic nitrogens is 2. The maximum Gasteiger partial charge on any atom is 0.143 e. The first-order chi connectivity index (χ1) is 10.4. The van der Waals surface area contributed by atoms with Gasteiger partial charge in [-0.05, 0) is 19.1 Å². The molecule has 3 rings (SSSR count). The van der Waals surface area contributed by atoms with Crippen LogP contribution in [-0.4, -0.2) is 36.0 Å². The van der Waals surface area contributed by atoms with Gasteiger partial charge in [0.2, 0.25) is 0 Å². The molecule has 5 nitrogen and oxygen atoms in total. The third kappa shape index (κ3) is 3.36. The number of nitrogens with one attached hydrogen (secondary N) is 1. The second-order valence-electron chi connectivity index (χ2n) is 5.20. The maximum atomic E-state index is 6.02. The highest BCUT2D eigenvalue weighted by Gasteiger charge is 2.14. The summed E-state index contributed by atoms with van der Waals surface area (Å²) in [4.78, 5) is 2.38. The van der Waals surface area contributed by atoms with Crippen LogP contribution < -0.4 is 15.0 Å². The van der Waals surface area contributed by atoms with E-state index in [0.717, 1.165) is 44.0 Å². The molecule has 1 aliphatic rings. The molecule has 21 heavy (non-hydrogen) atoms. The van der Waals surface area contributed by atoms with E-state index in [4.69, 9.17) is 4.74 Å². The Hall–Kier alpha value is -2.01. The molecule has 0 saturated carbocycles. The minimum absolute atomic E-state index is 0.559. The molecule has 112 valence electrons. The van der Waals surface area contributed by atoms with Crippen LogP contribution in [0.25, 0.3) is 0 Å². The van der Waals surface area contributed by atoms with E-state index < -0.39 is 0 Å². The molecule has 0 aliphatic carbocycles. The van der Waals surface area contributed by atoms with Gasteiger partial charge in [0.15, 0.2) is 0 Å². The van der Waals surface area contributed by atoms with Crippen LogP contribution in [0.5, 0.6) is 5.75 Å². The molecule has 1 aliphatic heterocycles. The second kappa shape index (κ2) is 6.63. The number of rotatable bonds is 5. The van der Waals surface area contributed by atoms with Gasteiger partial charge in [-0.1, -0.05) is 12.1 Å². The summed E-state index contributed by atoms with van der Waals surface area (Å²) >= 11 is 0. The number of aryl methyl sites for hydroxylation is 1. The Bertz CT molecular complexity index is 575. The lowest BCUT2D eigenvalue weighted by atomic mass is 10.2. The lowest BCUT2D eigenvalue weighted by molar-refractivity contribution is 0.306. The van der Waals surface area contributed by atoms with Crippen molar-refractivity contribution in [1.82, 2.24) is 15.1 Å². The number of hydrogen-bond acceptors (Lipinski definition) is 4. The first kappa shape index (κ1) is 13.9. The fourth-order valence-corrected chi connectivity index (χ4v) is 2.56. The Morgan fingerprint density at radius 1 is 1.24 bits per heavy atom. The second-order valence-corrected chi connectivity index (χ2v) is 5.20. The molecule has 0 bridgehead atoms. The van der Waals surface area contributed by atoms with Crippen LogP contribution in [0.1, 0.15) is 12.5 Å². The number of anilines is 1. The van der Waals surface area contributed by atoms with Gasteiger partial charge in [-0.3, -0.25) is 4.68 Å². The van der Waals surface area contributed by atoms with Crippen molar-refractivity contribution >= 4 is 5.69 Å². The van der Waals surface area contributed by atoms with Crippen LogP contribution in [0.15, 0.2) is 36.7 Å². The van der Waals surface area contributed by atoms with E-state index in [1.807, 2.05) is 29.2 Å². The number of piperazine rings is 1. The van der Waals surface area contributed by atoms with Gasteiger partial charge < -0.3 is 15.0 Å². The van der Waals surface area contributed by atoms with Crippen molar-refractivity contribution in [3.05, 3.63) is 42.2 Å². The number of nitrogens with zero attached hydrogens (tertiary/aromatic N) is 3. The van der Waals surface area contributed by atoms with Gasteiger partial charge >= 0.3 is 0 Å². The SMILES string of the molecule is CCn1cc(COc2ccccc2N2CCNCC2)cn1. The Morgan fingerprint density at radius 2 is 2.05 bits per heavy atom. The zero-order valence-electron chi connectivity index (χ0n) is 12.5. The largest absolute Gasteiger partial charge is 0.487 e. The molecule has 0 spiro atoms. The number of ether oxygens (including phenoxy) is 1. The van der Waals surface area contributed by atoms with Crippen LogP contribution in [0.2, 0.25) is 0 Å². The fraction of sp³-hybridized carbons (Fsp3) is 0.438. The van der Waals surface area contributed by atoms with Crippen LogP contribution >= 0.6 is 0 Å². The van der Waals surface area contributed by atoms with E-state index in [-0.39, 0.29) is 0 Å². The van der Waals surface area contributed by atoms with E-state index in [2.05, 4.69) is 34.4 Å². The van der Waals surface area contributed by atoms with E-state index >= 15 is 0 Å². The van der Waals surface area contributed by atoms with Crippen LogP contribution in [0.3, 0.4) is 0 Å². The first-order valence-electron chi connectivity index (χ1n) is 7.55. The van der Waals surface area contributed by atoms with Crippen molar-refractivity contribution in [3.63, 3.8) is 0 Å². The van der Waals surface area contributed by atoms with Gasteiger partial charge in [0.25, 0.3) is 0 Å². The molecule has 0 atom stereocenters. The highest BCUT2D eigenvalue weighted by molar-refractivity contribution is 5.58. The van der Waals surface area contributed by atoms with Crippen molar-refractivity contribution in [2.75, 3.05) is 31.1 Å². The average molecular weight is 286 g/mol. The summed E-state index contributed by atoms with van der Waals surface area (Å²) < 4.78 is 7.94. The Morgan fingerprint density at radius 3 is 2.81 bits per heavy atom. The van der Waals surface area contributed by atoms with Gasteiger partial charge in [-0.25, -0.2) is 0 Å². The number of para-hydroxylation sites is 2. The summed E-state index contributed by atoms with van der Waals surface area (Å²) in [6.45, 7) is 7.62. The minimum atomic E-state index is 0.559. The topological polar surface area (TPSA) is 42.3 Å². The summed E-state index contributed by atoms with van der Waals surface area (Å²) in [5.74, 6) is 0.948. The van der Waals surface area contributed by atoms with E-state index in [1.165, 1.54) is 5.69 Å². The first-order valence-corrected chi connectivity index (χ1v) is 7.55. The van der Waals surface area contributed by atoms with Gasteiger partial charge in [0.1, 0.15) is 12.4 Å². The van der Waals surface area contributed by atoms with Crippen molar-refractivity contribution < 1.29 is 4.74 Å². The normalized spacial score (nSPS) is 15.2. The molecule has 2 aromatic rings. The van der Waals surface area contributed by atoms with Crippen molar-refractivity contribution in [3.8, 4) is 5.75 Å². The highest BCUT2D eigenvalue weighted by Crippen LogP contribution is 2.28. The summed E-state index contributed by atoms with van der Waals surface area (Å²) in [5.41, 5.74) is 2.29. The lowest BCUT2D eigenvalue weighted by Gasteiger charge is -2.30. The number of benzene rings is 1. The lowest BCUT2D eigenvalue weighted by Crippen LogP contribution is -2.43. The zero-order valence-corrected chi connectivity index (χ0v) is 12.5. The molecule has 0 unspecified atom stereocenters. The molecular formula is C16H22N4O. The van der Waals surface area contributed by atoms with Crippen molar-refractivity contribution in [2.24, 2.45) is 0 Å². The molecule has 5 heteroatoms. The van der Waals surface area contributed by atoms with Crippen LogP contribution in [0.4, 0.5) is 5.69 Å². The summed E-state index contributed by atoms with van der Waals surface area (Å²) in [6.07, 6.45) is 3.91. The molecule has 1 aromatic heterocycles. The molecule has 1 saturated heterocycles. The molecule has 0 radical (unpaired) electrons. The van der Waals surface area contributed by atoms with Gasteiger partial charge in [0, 0.05) is 44.5 Å². The standard InChI is InChI=1S/C16H22N4O/c1-2-20-12-14(11-18-20)13-21-16-6-4-3-5-15(16)19-9-7-17-8-10-19/h3-6,11-12,17H,2,7-10,13H2,1H3. The van der Waals surface area contributed by atoms with Crippen LogP contribution in [0, 0.1) is 0 Å². The van der Waals surface area contributed by atoms with Gasteiger partial charge in [-0.15, -0.1) is 0 Å². The zero-order chi connectivity index (χ0) is 14.5. The predicted octanol–water partition coefficient (Wildman–Crippen LogP) is 1.89. The highest BCUT2D eigenvalue weighted by atomic mass is 16.5. The van der Waals surface area contributed by atoms with Crippen molar-refractivity contribution in [2.45, 2.75) is 20.1 Å². The number of hydrogen-bond donors (Lipinski definition) is 1. The summed E-state index contributed by atoms with van der Waals surface area (Å²) in [5, 5.41) is 7.65. The van der Waals surface area contributed by atoms with Gasteiger partial charge in [0.05, 0.1) is 11.9 Å². The Labute approximate surface area is 125 Å². The minimum Gasteiger partial charge on any atom is -0.487 e. The average Bonchev–Trinajstić information content (AvgIpc) is 3.02. The molecule has 0 amide bonds. The fourth-order valence-electron chi connectivity index (χ4n) is 2.56. The smallest absolute Gasteiger partial charge is 0.143 e. The maximum absolute atomic E-state index is 6.02. The molecule has 1 N–H and O–H groups in total. The summed E-state index contributed by atoms with van der Waals surface area (Å²) in [6, 6.07) is 8.27. The monoisotopic (exact) mass is 286 g/mol. The van der Waals surface area contributed by atoms with E-state index in [0.29, 0.717) is 6.61 Å². The molecule has 1 aromatic carbocycles. The van der Waals surface area contributed by atoms with E-state index in [1.54, 1.807) is 0 Å².